The van der Waals surface area contributed by atoms with E-state index in [0.717, 1.165) is 22.3 Å². The van der Waals surface area contributed by atoms with Crippen LogP contribution in [0, 0.1) is 0 Å². The number of carbonyl (C=O) groups is 1. The van der Waals surface area contributed by atoms with Gasteiger partial charge < -0.3 is 9.84 Å². The van der Waals surface area contributed by atoms with Crippen LogP contribution in [-0.4, -0.2) is 11.1 Å². The molecule has 2 aromatic rings. The summed E-state index contributed by atoms with van der Waals surface area (Å²) in [5, 5.41) is 9.23. The predicted octanol–water partition coefficient (Wildman–Crippen LogP) is 5.51. The maximum absolute atomic E-state index is 11.9. The number of esters is 1. The lowest BCUT2D eigenvalue weighted by molar-refractivity contribution is -0.140. The molecule has 3 rings (SSSR count). The molecule has 0 radical (unpaired) electrons. The first-order valence-electron chi connectivity index (χ1n) is 9.74. The number of benzene rings is 2. The fourth-order valence-corrected chi connectivity index (χ4v) is 3.79. The molecule has 0 spiro atoms. The molecule has 1 aliphatic carbocycles. The lowest BCUT2D eigenvalue weighted by atomic mass is 9.81. The van der Waals surface area contributed by atoms with Crippen molar-refractivity contribution >= 4 is 5.97 Å². The maximum atomic E-state index is 11.9. The van der Waals surface area contributed by atoms with E-state index in [1.54, 1.807) is 6.92 Å². The zero-order chi connectivity index (χ0) is 19.2. The molecule has 0 unspecified atom stereocenters. The summed E-state index contributed by atoms with van der Waals surface area (Å²) in [5.74, 6) is 0.199. The number of carbonyl (C=O) groups excluding carboxylic acids is 1. The van der Waals surface area contributed by atoms with Gasteiger partial charge in [-0.2, -0.15) is 0 Å². The molecule has 3 heteroatoms. The molecule has 2 aromatic carbocycles. The lowest BCUT2D eigenvalue weighted by Crippen LogP contribution is -2.11. The van der Waals surface area contributed by atoms with Crippen LogP contribution >= 0.6 is 0 Å². The Balaban J connectivity index is 1.90. The topological polar surface area (TPSA) is 46.5 Å². The number of hydrogen-bond donors (Lipinski definition) is 1. The maximum Gasteiger partial charge on any atom is 0.333 e. The van der Waals surface area contributed by atoms with E-state index in [1.165, 1.54) is 37.7 Å². The summed E-state index contributed by atoms with van der Waals surface area (Å²) in [6.45, 7) is 5.66. The molecule has 0 heterocycles. The number of hydrogen-bond acceptors (Lipinski definition) is 3. The molecule has 0 bridgehead atoms. The van der Waals surface area contributed by atoms with Crippen molar-refractivity contribution in [3.63, 3.8) is 0 Å². The Morgan fingerprint density at radius 1 is 1.07 bits per heavy atom. The van der Waals surface area contributed by atoms with E-state index in [0.29, 0.717) is 11.5 Å². The molecule has 142 valence electrons. The first-order valence-corrected chi connectivity index (χ1v) is 9.74. The summed E-state index contributed by atoms with van der Waals surface area (Å²) >= 11 is 0. The summed E-state index contributed by atoms with van der Waals surface area (Å²) in [6, 6.07) is 14.4. The first kappa shape index (κ1) is 19.4. The van der Waals surface area contributed by atoms with E-state index in [2.05, 4.69) is 24.8 Å². The van der Waals surface area contributed by atoms with Crippen LogP contribution < -0.4 is 0 Å². The average Bonchev–Trinajstić information content (AvgIpc) is 2.72. The monoisotopic (exact) mass is 364 g/mol. The van der Waals surface area contributed by atoms with Gasteiger partial charge in [0.25, 0.3) is 0 Å². The Bertz CT molecular complexity index is 799. The van der Waals surface area contributed by atoms with Crippen LogP contribution in [0.3, 0.4) is 0 Å². The zero-order valence-electron chi connectivity index (χ0n) is 16.0. The predicted molar refractivity (Wildman–Crippen MR) is 108 cm³/mol. The Kier molecular flexibility index (Phi) is 6.46. The highest BCUT2D eigenvalue weighted by Crippen LogP contribution is 2.36. The Labute approximate surface area is 161 Å². The van der Waals surface area contributed by atoms with Crippen LogP contribution in [0.25, 0.3) is 11.1 Å². The second kappa shape index (κ2) is 9.01. The number of ether oxygens (including phenoxy) is 1. The number of rotatable bonds is 6. The van der Waals surface area contributed by atoms with Crippen molar-refractivity contribution in [2.24, 2.45) is 0 Å². The van der Waals surface area contributed by atoms with E-state index in [1.807, 2.05) is 24.3 Å². The molecule has 0 amide bonds. The number of aliphatic hydroxyl groups excluding tert-OH is 1. The van der Waals surface area contributed by atoms with E-state index in [9.17, 15) is 9.90 Å². The van der Waals surface area contributed by atoms with Gasteiger partial charge >= 0.3 is 5.97 Å². The van der Waals surface area contributed by atoms with Crippen LogP contribution in [0.1, 0.15) is 61.6 Å². The summed E-state index contributed by atoms with van der Waals surface area (Å²) in [6.07, 6.45) is 6.24. The number of aliphatic hydroxyl groups is 1. The largest absolute Gasteiger partial charge is 0.457 e. The molecule has 1 aliphatic rings. The van der Waals surface area contributed by atoms with Crippen molar-refractivity contribution < 1.29 is 14.6 Å². The molecule has 0 atom stereocenters. The fraction of sp³-hybridized carbons (Fsp3) is 0.375. The zero-order valence-corrected chi connectivity index (χ0v) is 16.0. The lowest BCUT2D eigenvalue weighted by Gasteiger charge is -2.25. The van der Waals surface area contributed by atoms with Gasteiger partial charge in [0.15, 0.2) is 0 Å². The fourth-order valence-electron chi connectivity index (χ4n) is 3.79. The van der Waals surface area contributed by atoms with E-state index < -0.39 is 0 Å². The van der Waals surface area contributed by atoms with Gasteiger partial charge in [-0.3, -0.25) is 0 Å². The molecule has 27 heavy (non-hydrogen) atoms. The minimum absolute atomic E-state index is 0.0446. The molecule has 1 N–H and O–H groups in total. The van der Waals surface area contributed by atoms with E-state index in [-0.39, 0.29) is 19.2 Å². The van der Waals surface area contributed by atoms with Crippen molar-refractivity contribution in [2.45, 2.75) is 58.2 Å². The van der Waals surface area contributed by atoms with Crippen molar-refractivity contribution in [3.8, 4) is 11.1 Å². The normalized spacial score (nSPS) is 14.7. The van der Waals surface area contributed by atoms with Gasteiger partial charge in [0.05, 0.1) is 6.61 Å². The van der Waals surface area contributed by atoms with Crippen molar-refractivity contribution in [1.82, 2.24) is 0 Å². The summed E-state index contributed by atoms with van der Waals surface area (Å²) < 4.78 is 5.48. The summed E-state index contributed by atoms with van der Waals surface area (Å²) in [7, 11) is 0. The van der Waals surface area contributed by atoms with Crippen molar-refractivity contribution in [2.75, 3.05) is 0 Å². The average molecular weight is 364 g/mol. The molecule has 0 aromatic heterocycles. The third-order valence-corrected chi connectivity index (χ3v) is 5.37. The minimum Gasteiger partial charge on any atom is -0.457 e. The molecule has 1 fully saturated rings. The third-order valence-electron chi connectivity index (χ3n) is 5.37. The van der Waals surface area contributed by atoms with Crippen molar-refractivity contribution in [3.05, 3.63) is 71.3 Å². The highest BCUT2D eigenvalue weighted by atomic mass is 16.5. The summed E-state index contributed by atoms with van der Waals surface area (Å²) in [5.41, 5.74) is 5.90. The van der Waals surface area contributed by atoms with Crippen LogP contribution in [-0.2, 0) is 22.7 Å². The Hall–Kier alpha value is -2.39. The summed E-state index contributed by atoms with van der Waals surface area (Å²) in [4.78, 5) is 11.9. The second-order valence-electron chi connectivity index (χ2n) is 7.46. The minimum atomic E-state index is -0.345. The van der Waals surface area contributed by atoms with Gasteiger partial charge in [0.1, 0.15) is 6.61 Å². The smallest absolute Gasteiger partial charge is 0.333 e. The molecule has 0 saturated heterocycles. The highest BCUT2D eigenvalue weighted by molar-refractivity contribution is 5.86. The van der Waals surface area contributed by atoms with Crippen LogP contribution in [0.15, 0.2) is 54.6 Å². The van der Waals surface area contributed by atoms with Gasteiger partial charge in [-0.25, -0.2) is 4.79 Å². The standard InChI is InChI=1S/C24H28O3/c1-17(2)24(26)27-16-22-14-21(19-10-8-18(15-25)9-11-19)12-13-23(22)20-6-4-3-5-7-20/h8-14,20,25H,1,3-7,15-16H2,2H3. The molecule has 3 nitrogen and oxygen atoms in total. The van der Waals surface area contributed by atoms with Gasteiger partial charge in [-0.15, -0.1) is 0 Å². The van der Waals surface area contributed by atoms with E-state index >= 15 is 0 Å². The van der Waals surface area contributed by atoms with Gasteiger partial charge in [0, 0.05) is 5.57 Å². The Morgan fingerprint density at radius 2 is 1.74 bits per heavy atom. The quantitative estimate of drug-likeness (QED) is 0.543. The van der Waals surface area contributed by atoms with Gasteiger partial charge in [-0.05, 0) is 59.6 Å². The third kappa shape index (κ3) is 4.86. The Morgan fingerprint density at radius 3 is 2.37 bits per heavy atom. The van der Waals surface area contributed by atoms with Crippen LogP contribution in [0.2, 0.25) is 0 Å². The highest BCUT2D eigenvalue weighted by Gasteiger charge is 2.20. The molecule has 0 aliphatic heterocycles. The van der Waals surface area contributed by atoms with Gasteiger partial charge in [0.2, 0.25) is 0 Å². The molecular formula is C24H28O3. The van der Waals surface area contributed by atoms with E-state index in [4.69, 9.17) is 4.74 Å². The first-order chi connectivity index (χ1) is 13.1. The van der Waals surface area contributed by atoms with Crippen LogP contribution in [0.5, 0.6) is 0 Å². The molecular weight excluding hydrogens is 336 g/mol. The van der Waals surface area contributed by atoms with Gasteiger partial charge in [-0.1, -0.05) is 62.2 Å². The molecule has 1 saturated carbocycles. The van der Waals surface area contributed by atoms with Crippen LogP contribution in [0.4, 0.5) is 0 Å². The SMILES string of the molecule is C=C(C)C(=O)OCc1cc(-c2ccc(CO)cc2)ccc1C1CCCCC1. The van der Waals surface area contributed by atoms with Crippen molar-refractivity contribution in [1.29, 1.82) is 0 Å². The second-order valence-corrected chi connectivity index (χ2v) is 7.46.